The first kappa shape index (κ1) is 21.5. The van der Waals surface area contributed by atoms with Crippen LogP contribution in [0.4, 0.5) is 0 Å². The van der Waals surface area contributed by atoms with Gasteiger partial charge in [-0.25, -0.2) is 15.0 Å². The van der Waals surface area contributed by atoms with E-state index in [-0.39, 0.29) is 6.10 Å². The van der Waals surface area contributed by atoms with Crippen LogP contribution in [0.5, 0.6) is 23.1 Å². The molecule has 4 aromatic rings. The van der Waals surface area contributed by atoms with Gasteiger partial charge < -0.3 is 23.5 Å². The summed E-state index contributed by atoms with van der Waals surface area (Å²) in [6.07, 6.45) is 3.42. The molecule has 0 saturated carbocycles. The number of fused-ring (bicyclic) bond motifs is 2. The van der Waals surface area contributed by atoms with Crippen molar-refractivity contribution in [2.45, 2.75) is 19.6 Å². The van der Waals surface area contributed by atoms with Gasteiger partial charge in [-0.1, -0.05) is 6.07 Å². The first-order chi connectivity index (χ1) is 15.6. The number of rotatable bonds is 4. The molecule has 8 nitrogen and oxygen atoms in total. The SMILES string of the molecule is COc1ccccn1.[B]c1nc2cccnc2n1Cc1cc(OC)c2c(c1)OC(C)CO2. The summed E-state index contributed by atoms with van der Waals surface area (Å²) in [6, 6.07) is 13.1. The molecule has 4 heterocycles. The molecule has 5 rings (SSSR count). The predicted octanol–water partition coefficient (Wildman–Crippen LogP) is 2.53. The van der Waals surface area contributed by atoms with Gasteiger partial charge in [0.2, 0.25) is 11.6 Å². The fourth-order valence-corrected chi connectivity index (χ4v) is 3.34. The highest BCUT2D eigenvalue weighted by Gasteiger charge is 2.22. The number of imidazole rings is 1. The molecule has 0 saturated heterocycles. The molecule has 9 heteroatoms. The van der Waals surface area contributed by atoms with E-state index in [1.165, 1.54) is 0 Å². The molecule has 3 aromatic heterocycles. The second kappa shape index (κ2) is 9.59. The zero-order valence-electron chi connectivity index (χ0n) is 18.2. The van der Waals surface area contributed by atoms with Crippen molar-refractivity contribution < 1.29 is 18.9 Å². The van der Waals surface area contributed by atoms with E-state index in [1.54, 1.807) is 32.7 Å². The summed E-state index contributed by atoms with van der Waals surface area (Å²) in [5.41, 5.74) is 2.91. The Balaban J connectivity index is 0.000000260. The Kier molecular flexibility index (Phi) is 6.44. The molecule has 1 aromatic carbocycles. The van der Waals surface area contributed by atoms with Crippen LogP contribution < -0.4 is 24.7 Å². The molecule has 0 spiro atoms. The van der Waals surface area contributed by atoms with Crippen molar-refractivity contribution in [3.8, 4) is 23.1 Å². The molecule has 0 N–H and O–H groups in total. The summed E-state index contributed by atoms with van der Waals surface area (Å²) >= 11 is 0. The number of aromatic nitrogens is 4. The molecule has 0 fully saturated rings. The quantitative estimate of drug-likeness (QED) is 0.461. The van der Waals surface area contributed by atoms with Crippen molar-refractivity contribution in [2.24, 2.45) is 0 Å². The number of hydrogen-bond acceptors (Lipinski definition) is 7. The van der Waals surface area contributed by atoms with Gasteiger partial charge in [0.15, 0.2) is 25.0 Å². The highest BCUT2D eigenvalue weighted by Crippen LogP contribution is 2.41. The molecule has 0 amide bonds. The van der Waals surface area contributed by atoms with Crippen molar-refractivity contribution >= 4 is 24.7 Å². The van der Waals surface area contributed by atoms with Gasteiger partial charge in [-0.3, -0.25) is 0 Å². The summed E-state index contributed by atoms with van der Waals surface area (Å²) in [5, 5.41) is 0. The molecule has 162 valence electrons. The van der Waals surface area contributed by atoms with Gasteiger partial charge in [-0.2, -0.15) is 0 Å². The molecule has 32 heavy (non-hydrogen) atoms. The minimum absolute atomic E-state index is 0.00160. The maximum Gasteiger partial charge on any atom is 0.212 e. The average molecular weight is 430 g/mol. The van der Waals surface area contributed by atoms with Crippen molar-refractivity contribution in [1.82, 2.24) is 19.5 Å². The Morgan fingerprint density at radius 3 is 2.66 bits per heavy atom. The fraction of sp³-hybridized carbons (Fsp3) is 0.261. The molecule has 1 aliphatic heterocycles. The Hall–Kier alpha value is -3.75. The van der Waals surface area contributed by atoms with Gasteiger partial charge >= 0.3 is 0 Å². The molecular formula is C23H23BN4O4. The first-order valence-electron chi connectivity index (χ1n) is 10.1. The smallest absolute Gasteiger partial charge is 0.212 e. The molecule has 0 aliphatic carbocycles. The minimum atomic E-state index is -0.00160. The van der Waals surface area contributed by atoms with E-state index in [4.69, 9.17) is 26.8 Å². The summed E-state index contributed by atoms with van der Waals surface area (Å²) in [7, 11) is 9.27. The van der Waals surface area contributed by atoms with E-state index in [2.05, 4.69) is 15.0 Å². The van der Waals surface area contributed by atoms with Gasteiger partial charge in [0.25, 0.3) is 0 Å². The lowest BCUT2D eigenvalue weighted by Crippen LogP contribution is -2.26. The van der Waals surface area contributed by atoms with E-state index in [0.717, 1.165) is 16.7 Å². The second-order valence-electron chi connectivity index (χ2n) is 7.14. The lowest BCUT2D eigenvalue weighted by Gasteiger charge is -2.26. The van der Waals surface area contributed by atoms with Gasteiger partial charge in [0.05, 0.1) is 26.5 Å². The van der Waals surface area contributed by atoms with Crippen molar-refractivity contribution in [3.05, 3.63) is 60.4 Å². The number of pyridine rings is 2. The molecule has 1 unspecified atom stereocenters. The summed E-state index contributed by atoms with van der Waals surface area (Å²) in [5.74, 6) is 2.62. The van der Waals surface area contributed by atoms with Crippen LogP contribution >= 0.6 is 0 Å². The number of methoxy groups -OCH3 is 2. The van der Waals surface area contributed by atoms with Crippen LogP contribution in [0.2, 0.25) is 0 Å². The Bertz CT molecular complexity index is 1200. The lowest BCUT2D eigenvalue weighted by molar-refractivity contribution is 0.100. The van der Waals surface area contributed by atoms with Crippen LogP contribution in [0.15, 0.2) is 54.9 Å². The monoisotopic (exact) mass is 430 g/mol. The lowest BCUT2D eigenvalue weighted by atomic mass is 10.1. The Morgan fingerprint density at radius 1 is 1.09 bits per heavy atom. The normalized spacial score (nSPS) is 14.4. The Morgan fingerprint density at radius 2 is 1.94 bits per heavy atom. The molecule has 0 bridgehead atoms. The molecule has 1 atom stereocenters. The van der Waals surface area contributed by atoms with Gasteiger partial charge in [0.1, 0.15) is 18.2 Å². The Labute approximate surface area is 187 Å². The van der Waals surface area contributed by atoms with E-state index in [0.29, 0.717) is 42.0 Å². The van der Waals surface area contributed by atoms with Crippen LogP contribution in [-0.4, -0.2) is 54.3 Å². The van der Waals surface area contributed by atoms with Crippen molar-refractivity contribution in [3.63, 3.8) is 0 Å². The molecule has 2 radical (unpaired) electrons. The van der Waals surface area contributed by atoms with Gasteiger partial charge in [-0.05, 0) is 42.8 Å². The third kappa shape index (κ3) is 4.61. The van der Waals surface area contributed by atoms with Gasteiger partial charge in [0, 0.05) is 18.5 Å². The maximum atomic E-state index is 6.06. The highest BCUT2D eigenvalue weighted by atomic mass is 16.6. The fourth-order valence-electron chi connectivity index (χ4n) is 3.34. The largest absolute Gasteiger partial charge is 0.493 e. The minimum Gasteiger partial charge on any atom is -0.493 e. The van der Waals surface area contributed by atoms with Crippen LogP contribution in [0.3, 0.4) is 0 Å². The number of hydrogen-bond donors (Lipinski definition) is 0. The number of ether oxygens (including phenoxy) is 4. The average Bonchev–Trinajstić information content (AvgIpc) is 3.14. The first-order valence-corrected chi connectivity index (χ1v) is 10.1. The van der Waals surface area contributed by atoms with E-state index < -0.39 is 0 Å². The highest BCUT2D eigenvalue weighted by molar-refractivity contribution is 6.30. The number of benzene rings is 1. The van der Waals surface area contributed by atoms with Crippen molar-refractivity contribution in [1.29, 1.82) is 0 Å². The number of nitrogens with zero attached hydrogens (tertiary/aromatic N) is 4. The van der Waals surface area contributed by atoms with Gasteiger partial charge in [-0.15, -0.1) is 0 Å². The van der Waals surface area contributed by atoms with Crippen LogP contribution in [0.1, 0.15) is 12.5 Å². The van der Waals surface area contributed by atoms with Crippen LogP contribution in [-0.2, 0) is 6.54 Å². The third-order valence-corrected chi connectivity index (χ3v) is 4.81. The van der Waals surface area contributed by atoms with Crippen LogP contribution in [0, 0.1) is 0 Å². The summed E-state index contributed by atoms with van der Waals surface area (Å²) in [6.45, 7) is 2.99. The van der Waals surface area contributed by atoms with Crippen LogP contribution in [0.25, 0.3) is 11.2 Å². The summed E-state index contributed by atoms with van der Waals surface area (Å²) < 4.78 is 23.7. The standard InChI is InChI=1S/C17H16BN3O3.C6H7NO/c1-10-9-23-15-13(22-2)6-11(7-14(15)24-10)8-21-16-12(20-17(21)18)4-3-5-19-16;1-8-6-4-2-3-5-7-6/h3-7,10H,8-9H2,1-2H3;2-5H,1H3. The third-order valence-electron chi connectivity index (χ3n) is 4.81. The van der Waals surface area contributed by atoms with E-state index in [1.807, 2.05) is 47.9 Å². The van der Waals surface area contributed by atoms with E-state index >= 15 is 0 Å². The topological polar surface area (TPSA) is 80.5 Å². The zero-order valence-corrected chi connectivity index (χ0v) is 18.2. The predicted molar refractivity (Wildman–Crippen MR) is 121 cm³/mol. The zero-order chi connectivity index (χ0) is 22.5. The molecule has 1 aliphatic rings. The second-order valence-corrected chi connectivity index (χ2v) is 7.14. The summed E-state index contributed by atoms with van der Waals surface area (Å²) in [4.78, 5) is 12.6. The van der Waals surface area contributed by atoms with Crippen molar-refractivity contribution in [2.75, 3.05) is 20.8 Å². The van der Waals surface area contributed by atoms with E-state index in [9.17, 15) is 0 Å². The molecular weight excluding hydrogens is 407 g/mol. The maximum absolute atomic E-state index is 6.06.